The lowest BCUT2D eigenvalue weighted by Gasteiger charge is -2.43. The first-order valence-corrected chi connectivity index (χ1v) is 7.88. The molecule has 3 nitrogen and oxygen atoms in total. The maximum atomic E-state index is 12.9. The third kappa shape index (κ3) is 4.05. The zero-order valence-corrected chi connectivity index (χ0v) is 13.5. The number of halogens is 3. The van der Waals surface area contributed by atoms with E-state index in [1.54, 1.807) is 13.1 Å². The van der Waals surface area contributed by atoms with Gasteiger partial charge in [-0.15, -0.1) is 0 Å². The van der Waals surface area contributed by atoms with E-state index in [0.29, 0.717) is 18.7 Å². The first-order valence-electron chi connectivity index (χ1n) is 7.88. The molecule has 1 aliphatic rings. The Labute approximate surface area is 134 Å². The number of benzene rings is 1. The van der Waals surface area contributed by atoms with Crippen LogP contribution in [0.3, 0.4) is 0 Å². The van der Waals surface area contributed by atoms with Crippen LogP contribution in [0.4, 0.5) is 13.2 Å². The van der Waals surface area contributed by atoms with E-state index >= 15 is 0 Å². The van der Waals surface area contributed by atoms with Gasteiger partial charge in [-0.25, -0.2) is 0 Å². The molecule has 23 heavy (non-hydrogen) atoms. The van der Waals surface area contributed by atoms with Crippen molar-refractivity contribution in [3.05, 3.63) is 35.4 Å². The number of carbonyl (C=O) groups is 1. The molecule has 1 saturated carbocycles. The number of hydrogen-bond donors (Lipinski definition) is 2. The van der Waals surface area contributed by atoms with Crippen LogP contribution < -0.4 is 10.6 Å². The molecular formula is C17H23F3N2O. The second-order valence-corrected chi connectivity index (χ2v) is 6.39. The van der Waals surface area contributed by atoms with Crippen molar-refractivity contribution >= 4 is 5.91 Å². The second kappa shape index (κ2) is 6.91. The van der Waals surface area contributed by atoms with E-state index in [1.807, 2.05) is 6.92 Å². The molecule has 2 rings (SSSR count). The molecule has 6 heteroatoms. The summed E-state index contributed by atoms with van der Waals surface area (Å²) >= 11 is 0. The van der Waals surface area contributed by atoms with Crippen molar-refractivity contribution < 1.29 is 18.0 Å². The quantitative estimate of drug-likeness (QED) is 0.842. The molecule has 2 N–H and O–H groups in total. The maximum absolute atomic E-state index is 12.9. The molecule has 1 atom stereocenters. The van der Waals surface area contributed by atoms with Crippen molar-refractivity contribution in [3.8, 4) is 0 Å². The molecule has 0 radical (unpaired) electrons. The predicted molar refractivity (Wildman–Crippen MR) is 83.1 cm³/mol. The molecule has 0 saturated heterocycles. The molecule has 0 spiro atoms. The summed E-state index contributed by atoms with van der Waals surface area (Å²) < 4.78 is 38.7. The lowest BCUT2D eigenvalue weighted by Crippen LogP contribution is -2.47. The zero-order chi connectivity index (χ0) is 17.1. The van der Waals surface area contributed by atoms with E-state index in [0.717, 1.165) is 25.3 Å². The minimum atomic E-state index is -4.34. The number of nitrogens with one attached hydrogen (secondary N) is 2. The zero-order valence-electron chi connectivity index (χ0n) is 13.5. The van der Waals surface area contributed by atoms with Crippen molar-refractivity contribution in [3.63, 3.8) is 0 Å². The SMILES string of the molecule is CNCC(C)C(=O)NCC1(c2cccc(C(F)(F)F)c2)CCC1. The molecule has 1 aromatic carbocycles. The third-order valence-electron chi connectivity index (χ3n) is 4.67. The average Bonchev–Trinajstić information content (AvgIpc) is 2.45. The minimum absolute atomic E-state index is 0.0717. The highest BCUT2D eigenvalue weighted by molar-refractivity contribution is 5.78. The van der Waals surface area contributed by atoms with E-state index in [4.69, 9.17) is 0 Å². The molecule has 1 aliphatic carbocycles. The van der Waals surface area contributed by atoms with Crippen LogP contribution in [0, 0.1) is 5.92 Å². The molecule has 0 aliphatic heterocycles. The van der Waals surface area contributed by atoms with Crippen LogP contribution in [-0.2, 0) is 16.4 Å². The number of hydrogen-bond acceptors (Lipinski definition) is 2. The van der Waals surface area contributed by atoms with Crippen molar-refractivity contribution in [1.29, 1.82) is 0 Å². The summed E-state index contributed by atoms with van der Waals surface area (Å²) in [6.45, 7) is 2.78. The van der Waals surface area contributed by atoms with Gasteiger partial charge in [0.25, 0.3) is 0 Å². The van der Waals surface area contributed by atoms with Gasteiger partial charge in [-0.2, -0.15) is 13.2 Å². The van der Waals surface area contributed by atoms with E-state index < -0.39 is 11.7 Å². The normalized spacial score (nSPS) is 18.1. The van der Waals surface area contributed by atoms with Gasteiger partial charge in [-0.1, -0.05) is 31.5 Å². The van der Waals surface area contributed by atoms with Gasteiger partial charge in [0.1, 0.15) is 0 Å². The van der Waals surface area contributed by atoms with Crippen LogP contribution in [0.2, 0.25) is 0 Å². The Bertz CT molecular complexity index is 553. The Balaban J connectivity index is 2.11. The van der Waals surface area contributed by atoms with Crippen LogP contribution in [0.15, 0.2) is 24.3 Å². The van der Waals surface area contributed by atoms with Crippen molar-refractivity contribution in [2.45, 2.75) is 37.8 Å². The molecule has 1 fully saturated rings. The number of amides is 1. The topological polar surface area (TPSA) is 41.1 Å². The van der Waals surface area contributed by atoms with Crippen molar-refractivity contribution in [2.75, 3.05) is 20.1 Å². The summed E-state index contributed by atoms with van der Waals surface area (Å²) in [6.07, 6.45) is -1.77. The van der Waals surface area contributed by atoms with Gasteiger partial charge in [0.2, 0.25) is 5.91 Å². The Morgan fingerprint density at radius 2 is 2.04 bits per heavy atom. The molecule has 0 bridgehead atoms. The maximum Gasteiger partial charge on any atom is 0.416 e. The van der Waals surface area contributed by atoms with Gasteiger partial charge in [-0.3, -0.25) is 4.79 Å². The Hall–Kier alpha value is -1.56. The van der Waals surface area contributed by atoms with Gasteiger partial charge in [-0.05, 0) is 31.5 Å². The second-order valence-electron chi connectivity index (χ2n) is 6.39. The number of rotatable bonds is 6. The number of alkyl halides is 3. The molecular weight excluding hydrogens is 305 g/mol. The van der Waals surface area contributed by atoms with Gasteiger partial charge < -0.3 is 10.6 Å². The first kappa shape index (κ1) is 17.8. The summed E-state index contributed by atoms with van der Waals surface area (Å²) in [6, 6.07) is 5.49. The van der Waals surface area contributed by atoms with Crippen molar-refractivity contribution in [1.82, 2.24) is 10.6 Å². The summed E-state index contributed by atoms with van der Waals surface area (Å²) in [5.41, 5.74) is -0.327. The van der Waals surface area contributed by atoms with Gasteiger partial charge >= 0.3 is 6.18 Å². The Morgan fingerprint density at radius 3 is 2.57 bits per heavy atom. The van der Waals surface area contributed by atoms with Crippen molar-refractivity contribution in [2.24, 2.45) is 5.92 Å². The number of carbonyl (C=O) groups excluding carboxylic acids is 1. The summed E-state index contributed by atoms with van der Waals surface area (Å²) in [7, 11) is 1.78. The van der Waals surface area contributed by atoms with Crippen LogP contribution >= 0.6 is 0 Å². The smallest absolute Gasteiger partial charge is 0.355 e. The van der Waals surface area contributed by atoms with Gasteiger partial charge in [0.05, 0.1) is 5.56 Å². The fourth-order valence-electron chi connectivity index (χ4n) is 3.03. The molecule has 0 aromatic heterocycles. The molecule has 1 aromatic rings. The lowest BCUT2D eigenvalue weighted by molar-refractivity contribution is -0.137. The summed E-state index contributed by atoms with van der Waals surface area (Å²) in [5, 5.41) is 5.85. The van der Waals surface area contributed by atoms with E-state index in [-0.39, 0.29) is 17.2 Å². The van der Waals surface area contributed by atoms with E-state index in [9.17, 15) is 18.0 Å². The van der Waals surface area contributed by atoms with Crippen LogP contribution in [0.25, 0.3) is 0 Å². The first-order chi connectivity index (χ1) is 10.8. The molecule has 1 amide bonds. The highest BCUT2D eigenvalue weighted by atomic mass is 19.4. The van der Waals surface area contributed by atoms with Crippen LogP contribution in [-0.4, -0.2) is 26.0 Å². The van der Waals surface area contributed by atoms with Crippen LogP contribution in [0.5, 0.6) is 0 Å². The molecule has 0 heterocycles. The monoisotopic (exact) mass is 328 g/mol. The highest BCUT2D eigenvalue weighted by Gasteiger charge is 2.40. The average molecular weight is 328 g/mol. The Morgan fingerprint density at radius 1 is 1.35 bits per heavy atom. The summed E-state index contributed by atoms with van der Waals surface area (Å²) in [4.78, 5) is 12.0. The minimum Gasteiger partial charge on any atom is -0.355 e. The van der Waals surface area contributed by atoms with Gasteiger partial charge in [0.15, 0.2) is 0 Å². The fourth-order valence-corrected chi connectivity index (χ4v) is 3.03. The van der Waals surface area contributed by atoms with E-state index in [1.165, 1.54) is 12.1 Å². The lowest BCUT2D eigenvalue weighted by atomic mass is 9.64. The van der Waals surface area contributed by atoms with E-state index in [2.05, 4.69) is 10.6 Å². The standard InChI is InChI=1S/C17H23F3N2O/c1-12(10-21-2)15(23)22-11-16(7-4-8-16)13-5-3-6-14(9-13)17(18,19)20/h3,5-6,9,12,21H,4,7-8,10-11H2,1-2H3,(H,22,23). The van der Waals surface area contributed by atoms with Crippen LogP contribution in [0.1, 0.15) is 37.3 Å². The largest absolute Gasteiger partial charge is 0.416 e. The highest BCUT2D eigenvalue weighted by Crippen LogP contribution is 2.44. The summed E-state index contributed by atoms with van der Waals surface area (Å²) in [5.74, 6) is -0.240. The molecule has 1 unspecified atom stereocenters. The van der Waals surface area contributed by atoms with Gasteiger partial charge in [0, 0.05) is 24.4 Å². The Kier molecular flexibility index (Phi) is 5.34. The predicted octanol–water partition coefficient (Wildman–Crippen LogP) is 3.10. The fraction of sp³-hybridized carbons (Fsp3) is 0.588. The molecule has 128 valence electrons. The third-order valence-corrected chi connectivity index (χ3v) is 4.67.